The molecule has 0 saturated heterocycles. The number of nitrogens with zero attached hydrogens (tertiary/aromatic N) is 1. The molecular formula is C15H13Cl2NO2. The molecule has 0 fully saturated rings. The molecule has 1 aliphatic heterocycles. The van der Waals surface area contributed by atoms with Crippen molar-refractivity contribution in [2.24, 2.45) is 4.99 Å². The fraction of sp³-hybridized carbons (Fsp3) is 0.333. The fourth-order valence-electron chi connectivity index (χ4n) is 2.53. The zero-order valence-electron chi connectivity index (χ0n) is 10.8. The minimum Gasteiger partial charge on any atom is -0.404 e. The van der Waals surface area contributed by atoms with Crippen molar-refractivity contribution in [3.05, 3.63) is 45.0 Å². The molecule has 0 aromatic heterocycles. The van der Waals surface area contributed by atoms with Crippen LogP contribution in [-0.2, 0) is 16.1 Å². The Labute approximate surface area is 127 Å². The van der Waals surface area contributed by atoms with E-state index in [0.717, 1.165) is 42.4 Å². The number of carbonyl (C=O) groups is 1. The van der Waals surface area contributed by atoms with E-state index in [4.69, 9.17) is 27.9 Å². The second kappa shape index (κ2) is 5.58. The highest BCUT2D eigenvalue weighted by Gasteiger charge is 2.32. The van der Waals surface area contributed by atoms with Crippen molar-refractivity contribution >= 4 is 35.1 Å². The van der Waals surface area contributed by atoms with E-state index >= 15 is 0 Å². The summed E-state index contributed by atoms with van der Waals surface area (Å²) in [6.45, 7) is 0.360. The average Bonchev–Trinajstić information content (AvgIpc) is 2.77. The van der Waals surface area contributed by atoms with Gasteiger partial charge in [0.05, 0.1) is 6.54 Å². The van der Waals surface area contributed by atoms with Crippen molar-refractivity contribution in [2.45, 2.75) is 32.2 Å². The minimum atomic E-state index is -0.240. The maximum absolute atomic E-state index is 11.7. The van der Waals surface area contributed by atoms with Gasteiger partial charge in [-0.1, -0.05) is 23.2 Å². The quantitative estimate of drug-likeness (QED) is 0.763. The lowest BCUT2D eigenvalue weighted by Crippen LogP contribution is -2.04. The highest BCUT2D eigenvalue weighted by Crippen LogP contribution is 2.32. The van der Waals surface area contributed by atoms with Crippen LogP contribution in [0.2, 0.25) is 10.0 Å². The van der Waals surface area contributed by atoms with Gasteiger partial charge in [-0.2, -0.15) is 0 Å². The molecule has 0 unspecified atom stereocenters. The van der Waals surface area contributed by atoms with Crippen LogP contribution in [0.5, 0.6) is 0 Å². The van der Waals surface area contributed by atoms with E-state index in [9.17, 15) is 4.79 Å². The van der Waals surface area contributed by atoms with Crippen molar-refractivity contribution in [3.63, 3.8) is 0 Å². The molecule has 1 aliphatic carbocycles. The lowest BCUT2D eigenvalue weighted by Gasteiger charge is -2.09. The van der Waals surface area contributed by atoms with Crippen molar-refractivity contribution in [1.29, 1.82) is 0 Å². The number of rotatable bonds is 2. The molecule has 0 amide bonds. The van der Waals surface area contributed by atoms with Crippen LogP contribution < -0.4 is 0 Å². The van der Waals surface area contributed by atoms with Crippen molar-refractivity contribution in [1.82, 2.24) is 0 Å². The van der Waals surface area contributed by atoms with Crippen LogP contribution in [0.15, 0.2) is 34.3 Å². The minimum absolute atomic E-state index is 0.240. The highest BCUT2D eigenvalue weighted by molar-refractivity contribution is 6.33. The normalized spacial score (nSPS) is 20.3. The summed E-state index contributed by atoms with van der Waals surface area (Å²) in [6.07, 6.45) is 3.78. The molecule has 5 heteroatoms. The van der Waals surface area contributed by atoms with Gasteiger partial charge in [0, 0.05) is 21.2 Å². The number of cyclic esters (lactones) is 1. The lowest BCUT2D eigenvalue weighted by atomic mass is 9.93. The van der Waals surface area contributed by atoms with Crippen molar-refractivity contribution in [3.8, 4) is 0 Å². The van der Waals surface area contributed by atoms with Crippen LogP contribution in [0.3, 0.4) is 0 Å². The standard InChI is InChI=1S/C15H13Cl2NO2/c16-10-5-6-13(17)9(7-10)8-18-14-11-3-1-2-4-12(11)15(19)20-14/h5-7H,1-4,8H2. The summed E-state index contributed by atoms with van der Waals surface area (Å²) in [6, 6.07) is 5.25. The van der Waals surface area contributed by atoms with Gasteiger partial charge in [-0.15, -0.1) is 0 Å². The molecule has 0 spiro atoms. The van der Waals surface area contributed by atoms with Gasteiger partial charge in [-0.3, -0.25) is 0 Å². The summed E-state index contributed by atoms with van der Waals surface area (Å²) in [7, 11) is 0. The Hall–Kier alpha value is -1.32. The lowest BCUT2D eigenvalue weighted by molar-refractivity contribution is -0.130. The van der Waals surface area contributed by atoms with Gasteiger partial charge < -0.3 is 4.74 Å². The van der Waals surface area contributed by atoms with Gasteiger partial charge >= 0.3 is 5.97 Å². The van der Waals surface area contributed by atoms with E-state index < -0.39 is 0 Å². The van der Waals surface area contributed by atoms with Crippen molar-refractivity contribution < 1.29 is 9.53 Å². The highest BCUT2D eigenvalue weighted by atomic mass is 35.5. The van der Waals surface area contributed by atoms with Gasteiger partial charge in [0.2, 0.25) is 5.90 Å². The molecule has 1 aromatic rings. The SMILES string of the molecule is O=C1OC(=NCc2cc(Cl)ccc2Cl)C2=C1CCCC2. The van der Waals surface area contributed by atoms with Crippen molar-refractivity contribution in [2.75, 3.05) is 0 Å². The van der Waals surface area contributed by atoms with E-state index in [1.54, 1.807) is 18.2 Å². The van der Waals surface area contributed by atoms with E-state index in [1.165, 1.54) is 0 Å². The molecule has 0 saturated carbocycles. The molecule has 2 aliphatic rings. The zero-order valence-corrected chi connectivity index (χ0v) is 12.3. The van der Waals surface area contributed by atoms with E-state index in [2.05, 4.69) is 4.99 Å². The molecule has 0 atom stereocenters. The Morgan fingerprint density at radius 3 is 2.70 bits per heavy atom. The largest absolute Gasteiger partial charge is 0.404 e. The first-order chi connectivity index (χ1) is 9.65. The molecule has 0 N–H and O–H groups in total. The molecule has 3 rings (SSSR count). The first kappa shape index (κ1) is 13.7. The molecule has 104 valence electrons. The molecule has 0 bridgehead atoms. The number of aliphatic imine (C=N–C) groups is 1. The van der Waals surface area contributed by atoms with Gasteiger partial charge in [0.1, 0.15) is 0 Å². The predicted octanol–water partition coefficient (Wildman–Crippen LogP) is 4.32. The molecule has 20 heavy (non-hydrogen) atoms. The maximum Gasteiger partial charge on any atom is 0.341 e. The second-order valence-corrected chi connectivity index (χ2v) is 5.75. The number of halogens is 2. The summed E-state index contributed by atoms with van der Waals surface area (Å²) >= 11 is 12.0. The summed E-state index contributed by atoms with van der Waals surface area (Å²) in [5.41, 5.74) is 2.60. The maximum atomic E-state index is 11.7. The summed E-state index contributed by atoms with van der Waals surface area (Å²) in [4.78, 5) is 16.1. The monoisotopic (exact) mass is 309 g/mol. The molecule has 0 radical (unpaired) electrons. The fourth-order valence-corrected chi connectivity index (χ4v) is 2.90. The third-order valence-electron chi connectivity index (χ3n) is 3.56. The smallest absolute Gasteiger partial charge is 0.341 e. The Morgan fingerprint density at radius 1 is 1.15 bits per heavy atom. The zero-order chi connectivity index (χ0) is 14.1. The van der Waals surface area contributed by atoms with E-state index in [-0.39, 0.29) is 5.97 Å². The van der Waals surface area contributed by atoms with Gasteiger partial charge in [0.25, 0.3) is 0 Å². The molecular weight excluding hydrogens is 297 g/mol. The van der Waals surface area contributed by atoms with E-state index in [1.807, 2.05) is 0 Å². The Bertz CT molecular complexity index is 635. The summed E-state index contributed by atoms with van der Waals surface area (Å²) in [5, 5.41) is 1.23. The van der Waals surface area contributed by atoms with Gasteiger partial charge in [-0.25, -0.2) is 9.79 Å². The van der Waals surface area contributed by atoms with Crippen LogP contribution in [-0.4, -0.2) is 11.9 Å². The predicted molar refractivity (Wildman–Crippen MR) is 79.2 cm³/mol. The van der Waals surface area contributed by atoms with Crippen LogP contribution in [0, 0.1) is 0 Å². The number of ether oxygens (including phenoxy) is 1. The van der Waals surface area contributed by atoms with Crippen LogP contribution in [0.4, 0.5) is 0 Å². The van der Waals surface area contributed by atoms with Crippen LogP contribution >= 0.6 is 23.2 Å². The Balaban J connectivity index is 1.85. The number of esters is 1. The van der Waals surface area contributed by atoms with Crippen LogP contribution in [0.25, 0.3) is 0 Å². The average molecular weight is 310 g/mol. The Morgan fingerprint density at radius 2 is 1.90 bits per heavy atom. The summed E-state index contributed by atoms with van der Waals surface area (Å²) < 4.78 is 5.26. The molecule has 1 aromatic carbocycles. The number of carbonyl (C=O) groups excluding carboxylic acids is 1. The third kappa shape index (κ3) is 2.60. The Kier molecular flexibility index (Phi) is 3.81. The van der Waals surface area contributed by atoms with Crippen LogP contribution in [0.1, 0.15) is 31.2 Å². The first-order valence-corrected chi connectivity index (χ1v) is 7.33. The second-order valence-electron chi connectivity index (χ2n) is 4.91. The number of hydrogen-bond donors (Lipinski definition) is 0. The number of hydrogen-bond acceptors (Lipinski definition) is 3. The van der Waals surface area contributed by atoms with Gasteiger partial charge in [-0.05, 0) is 49.4 Å². The topological polar surface area (TPSA) is 38.7 Å². The summed E-state index contributed by atoms with van der Waals surface area (Å²) in [5.74, 6) is 0.219. The third-order valence-corrected chi connectivity index (χ3v) is 4.17. The molecule has 1 heterocycles. The number of benzene rings is 1. The first-order valence-electron chi connectivity index (χ1n) is 6.58. The molecule has 3 nitrogen and oxygen atoms in total. The van der Waals surface area contributed by atoms with Gasteiger partial charge in [0.15, 0.2) is 0 Å². The van der Waals surface area contributed by atoms with E-state index in [0.29, 0.717) is 22.5 Å².